The van der Waals surface area contributed by atoms with Gasteiger partial charge in [0.2, 0.25) is 0 Å². The van der Waals surface area contributed by atoms with Gasteiger partial charge in [-0.05, 0) is 24.6 Å². The van der Waals surface area contributed by atoms with Crippen LogP contribution >= 0.6 is 0 Å². The third-order valence-electron chi connectivity index (χ3n) is 7.84. The van der Waals surface area contributed by atoms with Crippen molar-refractivity contribution in [1.82, 2.24) is 4.90 Å². The Balaban J connectivity index is 1.58. The number of likely N-dealkylation sites (tertiary alicyclic amines) is 1. The van der Waals surface area contributed by atoms with E-state index >= 15 is 0 Å². The number of unbranched alkanes of at least 4 members (excludes halogenated alkanes) is 13. The summed E-state index contributed by atoms with van der Waals surface area (Å²) in [6, 6.07) is 9.87. The minimum atomic E-state index is -1.08. The largest absolute Gasteiger partial charge is 0.507 e. The number of nitro groups is 1. The van der Waals surface area contributed by atoms with Gasteiger partial charge < -0.3 is 10.0 Å². The molecule has 3 rings (SSSR count). The smallest absolute Gasteiger partial charge is 0.295 e. The molecule has 8 heteroatoms. The lowest BCUT2D eigenvalue weighted by molar-refractivity contribution is -0.384. The molecule has 41 heavy (non-hydrogen) atoms. The second kappa shape index (κ2) is 16.7. The number of amides is 1. The second-order valence-electron chi connectivity index (χ2n) is 10.9. The van der Waals surface area contributed by atoms with Crippen LogP contribution in [-0.4, -0.2) is 33.2 Å². The zero-order chi connectivity index (χ0) is 29.6. The van der Waals surface area contributed by atoms with Crippen LogP contribution in [0.1, 0.15) is 114 Å². The van der Waals surface area contributed by atoms with Crippen molar-refractivity contribution < 1.29 is 24.0 Å². The normalized spacial score (nSPS) is 16.4. The lowest BCUT2D eigenvalue weighted by Gasteiger charge is -2.25. The summed E-state index contributed by atoms with van der Waals surface area (Å²) in [5.41, 5.74) is -0.114. The summed E-state index contributed by atoms with van der Waals surface area (Å²) in [7, 11) is 0. The molecule has 0 saturated carbocycles. The molecule has 0 radical (unpaired) electrons. The van der Waals surface area contributed by atoms with Crippen molar-refractivity contribution in [2.45, 2.75) is 103 Å². The fourth-order valence-electron chi connectivity index (χ4n) is 5.50. The highest BCUT2D eigenvalue weighted by Crippen LogP contribution is 2.40. The van der Waals surface area contributed by atoms with Crippen molar-refractivity contribution in [3.05, 3.63) is 81.2 Å². The first kappa shape index (κ1) is 32.0. The lowest BCUT2D eigenvalue weighted by Crippen LogP contribution is -2.31. The van der Waals surface area contributed by atoms with E-state index in [1.165, 1.54) is 112 Å². The van der Waals surface area contributed by atoms with Gasteiger partial charge in [-0.25, -0.2) is 4.39 Å². The van der Waals surface area contributed by atoms with Crippen molar-refractivity contribution in [3.8, 4) is 0 Å². The molecule has 0 aliphatic carbocycles. The van der Waals surface area contributed by atoms with Crippen LogP contribution in [0, 0.1) is 15.9 Å². The number of non-ortho nitro benzene ring substituents is 1. The summed E-state index contributed by atoms with van der Waals surface area (Å²) in [6.45, 7) is 2.50. The molecular weight excluding hydrogens is 523 g/mol. The summed E-state index contributed by atoms with van der Waals surface area (Å²) in [5.74, 6) is -2.73. The molecule has 1 amide bonds. The van der Waals surface area contributed by atoms with Crippen LogP contribution in [-0.2, 0) is 9.59 Å². The van der Waals surface area contributed by atoms with E-state index in [1.807, 2.05) is 0 Å². The molecular formula is C33H43FN2O5. The van der Waals surface area contributed by atoms with Crippen LogP contribution in [0.3, 0.4) is 0 Å². The summed E-state index contributed by atoms with van der Waals surface area (Å²) in [5, 5.41) is 22.1. The van der Waals surface area contributed by atoms with Gasteiger partial charge in [0.1, 0.15) is 11.6 Å². The van der Waals surface area contributed by atoms with Gasteiger partial charge in [-0.15, -0.1) is 0 Å². The number of hydrogen-bond donors (Lipinski definition) is 1. The highest BCUT2D eigenvalue weighted by Gasteiger charge is 2.46. The number of Topliss-reactive ketones (excluding diaryl/α,β-unsaturated/α-hetero) is 1. The van der Waals surface area contributed by atoms with Crippen molar-refractivity contribution in [3.63, 3.8) is 0 Å². The Kier molecular flexibility index (Phi) is 13.0. The van der Waals surface area contributed by atoms with Crippen LogP contribution in [0.15, 0.2) is 54.1 Å². The zero-order valence-corrected chi connectivity index (χ0v) is 24.2. The minimum absolute atomic E-state index is 0.125. The summed E-state index contributed by atoms with van der Waals surface area (Å²) in [6.07, 6.45) is 16.7. The molecule has 0 spiro atoms. The summed E-state index contributed by atoms with van der Waals surface area (Å²) >= 11 is 0. The van der Waals surface area contributed by atoms with Gasteiger partial charge in [0.25, 0.3) is 17.4 Å². The first-order valence-corrected chi connectivity index (χ1v) is 15.1. The number of nitro benzene ring substituents is 1. The number of hydrogen-bond acceptors (Lipinski definition) is 5. The molecule has 7 nitrogen and oxygen atoms in total. The van der Waals surface area contributed by atoms with Crippen LogP contribution in [0.25, 0.3) is 5.76 Å². The maximum absolute atomic E-state index is 14.9. The van der Waals surface area contributed by atoms with Gasteiger partial charge in [-0.3, -0.25) is 19.7 Å². The SMILES string of the molecule is CCCCCCCCCCCCCCCCN1C(=O)C(=O)/C(=C(/O)c2ccc([N+](=O)[O-])cc2)[C@H]1c1ccccc1F. The van der Waals surface area contributed by atoms with Gasteiger partial charge in [0.15, 0.2) is 0 Å². The first-order chi connectivity index (χ1) is 19.9. The number of benzene rings is 2. The Morgan fingerprint density at radius 2 is 1.34 bits per heavy atom. The predicted octanol–water partition coefficient (Wildman–Crippen LogP) is 8.64. The summed E-state index contributed by atoms with van der Waals surface area (Å²) < 4.78 is 14.9. The number of halogens is 1. The minimum Gasteiger partial charge on any atom is -0.507 e. The zero-order valence-electron chi connectivity index (χ0n) is 24.2. The fourth-order valence-corrected chi connectivity index (χ4v) is 5.50. The number of nitrogens with zero attached hydrogens (tertiary/aromatic N) is 2. The topological polar surface area (TPSA) is 101 Å². The van der Waals surface area contributed by atoms with E-state index in [0.717, 1.165) is 19.3 Å². The van der Waals surface area contributed by atoms with Gasteiger partial charge in [-0.1, -0.05) is 109 Å². The van der Waals surface area contributed by atoms with E-state index in [-0.39, 0.29) is 28.9 Å². The first-order valence-electron chi connectivity index (χ1n) is 15.1. The highest BCUT2D eigenvalue weighted by molar-refractivity contribution is 6.46. The number of carbonyl (C=O) groups excluding carboxylic acids is 2. The molecule has 1 saturated heterocycles. The predicted molar refractivity (Wildman–Crippen MR) is 159 cm³/mol. The Labute approximate surface area is 242 Å². The van der Waals surface area contributed by atoms with E-state index in [9.17, 15) is 29.2 Å². The average Bonchev–Trinajstić information content (AvgIpc) is 3.22. The van der Waals surface area contributed by atoms with Crippen LogP contribution in [0.2, 0.25) is 0 Å². The molecule has 2 aromatic carbocycles. The summed E-state index contributed by atoms with van der Waals surface area (Å²) in [4.78, 5) is 38.0. The number of aliphatic hydroxyl groups is 1. The molecule has 1 N–H and O–H groups in total. The van der Waals surface area contributed by atoms with Crippen LogP contribution < -0.4 is 0 Å². The second-order valence-corrected chi connectivity index (χ2v) is 10.9. The van der Waals surface area contributed by atoms with Gasteiger partial charge >= 0.3 is 0 Å². The van der Waals surface area contributed by atoms with Crippen molar-refractivity contribution in [2.75, 3.05) is 6.54 Å². The van der Waals surface area contributed by atoms with E-state index in [4.69, 9.17) is 0 Å². The molecule has 1 atom stereocenters. The van der Waals surface area contributed by atoms with E-state index in [0.29, 0.717) is 6.42 Å². The molecule has 0 unspecified atom stereocenters. The number of ketones is 1. The van der Waals surface area contributed by atoms with Gasteiger partial charge in [0.05, 0.1) is 16.5 Å². The van der Waals surface area contributed by atoms with Gasteiger partial charge in [0, 0.05) is 29.8 Å². The average molecular weight is 567 g/mol. The molecule has 0 bridgehead atoms. The van der Waals surface area contributed by atoms with E-state index < -0.39 is 34.2 Å². The molecule has 1 aliphatic heterocycles. The third-order valence-corrected chi connectivity index (χ3v) is 7.84. The Morgan fingerprint density at radius 3 is 1.85 bits per heavy atom. The Bertz CT molecular complexity index is 1190. The molecule has 222 valence electrons. The number of rotatable bonds is 18. The molecule has 0 aromatic heterocycles. The number of carbonyl (C=O) groups is 2. The molecule has 1 heterocycles. The Hall–Kier alpha value is -3.55. The maximum atomic E-state index is 14.9. The quantitative estimate of drug-likeness (QED) is 0.0486. The standard InChI is InChI=1S/C33H43FN2O5/c1-2-3-4-5-6-7-8-9-10-11-12-13-14-17-24-35-30(27-18-15-16-19-28(27)34)29(32(38)33(35)39)31(37)25-20-22-26(23-21-25)36(40)41/h15-16,18-23,30,37H,2-14,17,24H2,1H3/b31-29+/t30-/m1/s1. The third kappa shape index (κ3) is 8.97. The van der Waals surface area contributed by atoms with E-state index in [2.05, 4.69) is 6.92 Å². The lowest BCUT2D eigenvalue weighted by atomic mass is 9.94. The van der Waals surface area contributed by atoms with Crippen LogP contribution in [0.4, 0.5) is 10.1 Å². The van der Waals surface area contributed by atoms with Crippen molar-refractivity contribution in [2.24, 2.45) is 0 Å². The Morgan fingerprint density at radius 1 is 0.829 bits per heavy atom. The maximum Gasteiger partial charge on any atom is 0.295 e. The molecule has 1 aliphatic rings. The number of aliphatic hydroxyl groups excluding tert-OH is 1. The van der Waals surface area contributed by atoms with Crippen molar-refractivity contribution in [1.29, 1.82) is 0 Å². The fraction of sp³-hybridized carbons (Fsp3) is 0.515. The highest BCUT2D eigenvalue weighted by atomic mass is 19.1. The monoisotopic (exact) mass is 566 g/mol. The molecule has 2 aromatic rings. The van der Waals surface area contributed by atoms with Crippen LogP contribution in [0.5, 0.6) is 0 Å². The van der Waals surface area contributed by atoms with E-state index in [1.54, 1.807) is 6.07 Å². The molecule has 1 fully saturated rings. The van der Waals surface area contributed by atoms with Gasteiger partial charge in [-0.2, -0.15) is 0 Å². The van der Waals surface area contributed by atoms with Crippen molar-refractivity contribution >= 4 is 23.1 Å².